The number of methoxy groups -OCH3 is 1. The summed E-state index contributed by atoms with van der Waals surface area (Å²) in [5.41, 5.74) is 1.87. The molecule has 29 heavy (non-hydrogen) atoms. The number of aromatic nitrogens is 1. The van der Waals surface area contributed by atoms with Gasteiger partial charge < -0.3 is 24.9 Å². The molecule has 1 amide bonds. The molecule has 1 aromatic heterocycles. The van der Waals surface area contributed by atoms with Gasteiger partial charge in [0.2, 0.25) is 0 Å². The molecule has 0 spiro atoms. The van der Waals surface area contributed by atoms with Crippen LogP contribution in [0.1, 0.15) is 24.3 Å². The van der Waals surface area contributed by atoms with Crippen LogP contribution in [0.15, 0.2) is 54.7 Å². The standard InChI is InChI=1S/C22H23ClN2O4/c1-22(2,27)13-29-19-9-8-17(11-20(19)28-3)25-21(26)18-10-15(12-24-18)14-4-6-16(23)7-5-14/h4-12,24,27H,13H2,1-3H3,(H,25,26). The second-order valence-corrected chi connectivity index (χ2v) is 7.67. The van der Waals surface area contributed by atoms with Crippen molar-refractivity contribution >= 4 is 23.2 Å². The number of nitrogens with one attached hydrogen (secondary N) is 2. The molecule has 3 N–H and O–H groups in total. The molecule has 0 saturated carbocycles. The third kappa shape index (κ3) is 5.53. The molecule has 0 aliphatic carbocycles. The van der Waals surface area contributed by atoms with E-state index in [0.29, 0.717) is 27.9 Å². The fourth-order valence-electron chi connectivity index (χ4n) is 2.65. The molecule has 152 valence electrons. The monoisotopic (exact) mass is 414 g/mol. The number of carbonyl (C=O) groups is 1. The minimum absolute atomic E-state index is 0.116. The van der Waals surface area contributed by atoms with Gasteiger partial charge in [0.25, 0.3) is 5.91 Å². The molecule has 3 rings (SSSR count). The zero-order valence-corrected chi connectivity index (χ0v) is 17.2. The number of aliphatic hydroxyl groups is 1. The van der Waals surface area contributed by atoms with Crippen molar-refractivity contribution in [2.24, 2.45) is 0 Å². The van der Waals surface area contributed by atoms with Crippen LogP contribution in [0.3, 0.4) is 0 Å². The van der Waals surface area contributed by atoms with Gasteiger partial charge in [0.1, 0.15) is 12.3 Å². The number of hydrogen-bond donors (Lipinski definition) is 3. The zero-order valence-electron chi connectivity index (χ0n) is 16.5. The predicted octanol–water partition coefficient (Wildman–Crippen LogP) is 4.75. The number of aromatic amines is 1. The van der Waals surface area contributed by atoms with Crippen molar-refractivity contribution in [1.82, 2.24) is 4.98 Å². The molecule has 0 saturated heterocycles. The van der Waals surface area contributed by atoms with Gasteiger partial charge in [0.05, 0.1) is 12.7 Å². The summed E-state index contributed by atoms with van der Waals surface area (Å²) in [5.74, 6) is 0.662. The number of carbonyl (C=O) groups excluding carboxylic acids is 1. The van der Waals surface area contributed by atoms with E-state index in [9.17, 15) is 9.90 Å². The third-order valence-corrected chi connectivity index (χ3v) is 4.36. The molecule has 0 radical (unpaired) electrons. The molecule has 3 aromatic rings. The lowest BCUT2D eigenvalue weighted by Crippen LogP contribution is -2.28. The highest BCUT2D eigenvalue weighted by Gasteiger charge is 2.16. The molecule has 6 nitrogen and oxygen atoms in total. The lowest BCUT2D eigenvalue weighted by atomic mass is 10.1. The molecule has 0 atom stereocenters. The normalized spacial score (nSPS) is 11.2. The first-order chi connectivity index (χ1) is 13.7. The van der Waals surface area contributed by atoms with Crippen LogP contribution < -0.4 is 14.8 Å². The Hall–Kier alpha value is -2.96. The Labute approximate surface area is 174 Å². The highest BCUT2D eigenvalue weighted by atomic mass is 35.5. The highest BCUT2D eigenvalue weighted by Crippen LogP contribution is 2.31. The summed E-state index contributed by atoms with van der Waals surface area (Å²) in [6, 6.07) is 14.2. The molecular weight excluding hydrogens is 392 g/mol. The van der Waals surface area contributed by atoms with Crippen molar-refractivity contribution in [2.75, 3.05) is 19.0 Å². The van der Waals surface area contributed by atoms with E-state index in [1.807, 2.05) is 12.1 Å². The van der Waals surface area contributed by atoms with Gasteiger partial charge >= 0.3 is 0 Å². The van der Waals surface area contributed by atoms with Crippen molar-refractivity contribution in [3.63, 3.8) is 0 Å². The van der Waals surface area contributed by atoms with Gasteiger partial charge in [0.15, 0.2) is 11.5 Å². The first-order valence-electron chi connectivity index (χ1n) is 9.04. The maximum atomic E-state index is 12.6. The van der Waals surface area contributed by atoms with Crippen LogP contribution in [0.4, 0.5) is 5.69 Å². The average molecular weight is 415 g/mol. The van der Waals surface area contributed by atoms with Gasteiger partial charge in [0, 0.05) is 23.0 Å². The minimum atomic E-state index is -0.965. The van der Waals surface area contributed by atoms with E-state index < -0.39 is 5.60 Å². The molecular formula is C22H23ClN2O4. The number of benzene rings is 2. The van der Waals surface area contributed by atoms with Crippen LogP contribution in [0, 0.1) is 0 Å². The number of ether oxygens (including phenoxy) is 2. The van der Waals surface area contributed by atoms with E-state index in [1.54, 1.807) is 56.4 Å². The van der Waals surface area contributed by atoms with Gasteiger partial charge in [-0.25, -0.2) is 0 Å². The molecule has 1 heterocycles. The minimum Gasteiger partial charge on any atom is -0.493 e. The maximum absolute atomic E-state index is 12.6. The van der Waals surface area contributed by atoms with Crippen molar-refractivity contribution < 1.29 is 19.4 Å². The van der Waals surface area contributed by atoms with Gasteiger partial charge in [-0.15, -0.1) is 0 Å². The van der Waals surface area contributed by atoms with Gasteiger partial charge in [-0.1, -0.05) is 23.7 Å². The van der Waals surface area contributed by atoms with Crippen molar-refractivity contribution in [3.8, 4) is 22.6 Å². The second-order valence-electron chi connectivity index (χ2n) is 7.23. The highest BCUT2D eigenvalue weighted by molar-refractivity contribution is 6.30. The Morgan fingerprint density at radius 3 is 2.48 bits per heavy atom. The van der Waals surface area contributed by atoms with E-state index in [0.717, 1.165) is 11.1 Å². The Kier molecular flexibility index (Phi) is 6.15. The largest absolute Gasteiger partial charge is 0.493 e. The summed E-state index contributed by atoms with van der Waals surface area (Å²) in [6.07, 6.45) is 1.77. The predicted molar refractivity (Wildman–Crippen MR) is 114 cm³/mol. The summed E-state index contributed by atoms with van der Waals surface area (Å²) in [6.45, 7) is 3.43. The molecule has 0 unspecified atom stereocenters. The number of anilines is 1. The number of H-pyrrole nitrogens is 1. The van der Waals surface area contributed by atoms with Crippen LogP contribution >= 0.6 is 11.6 Å². The fourth-order valence-corrected chi connectivity index (χ4v) is 2.78. The SMILES string of the molecule is COc1cc(NC(=O)c2cc(-c3ccc(Cl)cc3)c[nH]2)ccc1OCC(C)(C)O. The summed E-state index contributed by atoms with van der Waals surface area (Å²) in [4.78, 5) is 15.6. The first kappa shape index (κ1) is 20.8. The molecule has 0 aliphatic heterocycles. The summed E-state index contributed by atoms with van der Waals surface area (Å²) >= 11 is 5.92. The molecule has 2 aromatic carbocycles. The van der Waals surface area contributed by atoms with Crippen LogP contribution in [0.2, 0.25) is 5.02 Å². The van der Waals surface area contributed by atoms with Crippen LogP contribution in [-0.4, -0.2) is 35.3 Å². The Morgan fingerprint density at radius 1 is 1.10 bits per heavy atom. The zero-order chi connectivity index (χ0) is 21.0. The fraction of sp³-hybridized carbons (Fsp3) is 0.227. The van der Waals surface area contributed by atoms with Gasteiger partial charge in [-0.05, 0) is 55.3 Å². The number of rotatable bonds is 7. The van der Waals surface area contributed by atoms with Crippen molar-refractivity contribution in [1.29, 1.82) is 0 Å². The summed E-state index contributed by atoms with van der Waals surface area (Å²) in [7, 11) is 1.52. The lowest BCUT2D eigenvalue weighted by molar-refractivity contribution is 0.0276. The third-order valence-electron chi connectivity index (χ3n) is 4.11. The second kappa shape index (κ2) is 8.59. The summed E-state index contributed by atoms with van der Waals surface area (Å²) < 4.78 is 10.9. The van der Waals surface area contributed by atoms with E-state index in [1.165, 1.54) is 7.11 Å². The smallest absolute Gasteiger partial charge is 0.272 e. The molecule has 0 bridgehead atoms. The van der Waals surface area contributed by atoms with E-state index in [2.05, 4.69) is 10.3 Å². The number of halogens is 1. The van der Waals surface area contributed by atoms with Crippen LogP contribution in [-0.2, 0) is 0 Å². The molecule has 0 fully saturated rings. The van der Waals surface area contributed by atoms with E-state index in [4.69, 9.17) is 21.1 Å². The van der Waals surface area contributed by atoms with Crippen molar-refractivity contribution in [2.45, 2.75) is 19.4 Å². The molecule has 0 aliphatic rings. The van der Waals surface area contributed by atoms with Crippen molar-refractivity contribution in [3.05, 3.63) is 65.4 Å². The Bertz CT molecular complexity index is 991. The average Bonchev–Trinajstić information content (AvgIpc) is 3.17. The van der Waals surface area contributed by atoms with Gasteiger partial charge in [-0.2, -0.15) is 0 Å². The van der Waals surface area contributed by atoms with Gasteiger partial charge in [-0.3, -0.25) is 4.79 Å². The number of amides is 1. The Balaban J connectivity index is 1.71. The summed E-state index contributed by atoms with van der Waals surface area (Å²) in [5, 5.41) is 13.3. The van der Waals surface area contributed by atoms with E-state index in [-0.39, 0.29) is 12.5 Å². The quantitative estimate of drug-likeness (QED) is 0.521. The first-order valence-corrected chi connectivity index (χ1v) is 9.42. The van der Waals surface area contributed by atoms with Crippen LogP contribution in [0.25, 0.3) is 11.1 Å². The number of hydrogen-bond acceptors (Lipinski definition) is 4. The molecule has 7 heteroatoms. The maximum Gasteiger partial charge on any atom is 0.272 e. The topological polar surface area (TPSA) is 83.6 Å². The lowest BCUT2D eigenvalue weighted by Gasteiger charge is -2.19. The Morgan fingerprint density at radius 2 is 1.83 bits per heavy atom. The van der Waals surface area contributed by atoms with E-state index >= 15 is 0 Å². The van der Waals surface area contributed by atoms with Crippen LogP contribution in [0.5, 0.6) is 11.5 Å².